The van der Waals surface area contributed by atoms with E-state index in [1.807, 2.05) is 19.1 Å². The molecule has 1 aromatic carbocycles. The van der Waals surface area contributed by atoms with Crippen molar-refractivity contribution in [3.05, 3.63) is 33.7 Å². The Hall–Kier alpha value is -2.28. The van der Waals surface area contributed by atoms with Gasteiger partial charge < -0.3 is 9.47 Å². The van der Waals surface area contributed by atoms with Crippen LogP contribution >= 0.6 is 11.8 Å². The third kappa shape index (κ3) is 3.77. The predicted octanol–water partition coefficient (Wildman–Crippen LogP) is 3.72. The number of nitrogens with zero attached hydrogens (tertiary/aromatic N) is 1. The summed E-state index contributed by atoms with van der Waals surface area (Å²) in [5.41, 5.74) is 2.79. The number of amides is 2. The fraction of sp³-hybridized carbons (Fsp3) is 0.421. The van der Waals surface area contributed by atoms with Gasteiger partial charge in [-0.05, 0) is 66.4 Å². The van der Waals surface area contributed by atoms with Gasteiger partial charge in [0.15, 0.2) is 0 Å². The van der Waals surface area contributed by atoms with Crippen molar-refractivity contribution >= 4 is 35.0 Å². The minimum Gasteiger partial charge on any atom is -0.496 e. The van der Waals surface area contributed by atoms with Crippen molar-refractivity contribution in [1.29, 1.82) is 0 Å². The number of hydrogen-bond acceptors (Lipinski definition) is 6. The average molecular weight is 377 g/mol. The maximum atomic E-state index is 12.6. The Bertz CT molecular complexity index is 784. The molecular formula is C19H23NO5S. The Kier molecular flexibility index (Phi) is 6.13. The highest BCUT2D eigenvalue weighted by molar-refractivity contribution is 8.18. The van der Waals surface area contributed by atoms with Crippen LogP contribution in [0.5, 0.6) is 5.75 Å². The first-order chi connectivity index (χ1) is 12.2. The summed E-state index contributed by atoms with van der Waals surface area (Å²) < 4.78 is 10.1. The minimum absolute atomic E-state index is 0.243. The van der Waals surface area contributed by atoms with Crippen LogP contribution in [0, 0.1) is 6.92 Å². The fourth-order valence-corrected chi connectivity index (χ4v) is 3.63. The average Bonchev–Trinajstić information content (AvgIpc) is 2.88. The summed E-state index contributed by atoms with van der Waals surface area (Å²) in [6, 6.07) is 2.93. The van der Waals surface area contributed by atoms with E-state index in [0.717, 1.165) is 39.1 Å². The Morgan fingerprint density at radius 3 is 2.38 bits per heavy atom. The first-order valence-electron chi connectivity index (χ1n) is 8.24. The van der Waals surface area contributed by atoms with Gasteiger partial charge in [-0.15, -0.1) is 0 Å². The molecule has 0 bridgehead atoms. The highest BCUT2D eigenvalue weighted by Gasteiger charge is 2.41. The minimum atomic E-state index is -0.957. The third-order valence-electron chi connectivity index (χ3n) is 4.28. The number of imide groups is 1. The van der Waals surface area contributed by atoms with Crippen LogP contribution in [0.25, 0.3) is 6.08 Å². The molecule has 26 heavy (non-hydrogen) atoms. The van der Waals surface area contributed by atoms with Crippen LogP contribution in [-0.4, -0.2) is 42.3 Å². The predicted molar refractivity (Wildman–Crippen MR) is 101 cm³/mol. The van der Waals surface area contributed by atoms with E-state index >= 15 is 0 Å². The highest BCUT2D eigenvalue weighted by Crippen LogP contribution is 2.36. The molecule has 1 aromatic rings. The number of carbonyl (C=O) groups is 3. The monoisotopic (exact) mass is 377 g/mol. The number of benzene rings is 1. The molecule has 1 heterocycles. The molecule has 2 rings (SSSR count). The zero-order valence-electron chi connectivity index (χ0n) is 15.8. The number of hydrogen-bond donors (Lipinski definition) is 0. The second-order valence-electron chi connectivity index (χ2n) is 6.36. The Morgan fingerprint density at radius 2 is 1.85 bits per heavy atom. The summed E-state index contributed by atoms with van der Waals surface area (Å²) in [7, 11) is 2.85. The molecule has 140 valence electrons. The lowest BCUT2D eigenvalue weighted by atomic mass is 9.96. The van der Waals surface area contributed by atoms with Crippen LogP contribution in [0.4, 0.5) is 4.79 Å². The van der Waals surface area contributed by atoms with Gasteiger partial charge in [0.05, 0.1) is 19.1 Å². The maximum Gasteiger partial charge on any atom is 0.328 e. The third-order valence-corrected chi connectivity index (χ3v) is 5.16. The molecule has 1 atom stereocenters. The molecule has 0 spiro atoms. The van der Waals surface area contributed by atoms with Crippen molar-refractivity contribution in [2.75, 3.05) is 14.2 Å². The number of thioether (sulfide) groups is 1. The van der Waals surface area contributed by atoms with Crippen LogP contribution in [0.3, 0.4) is 0 Å². The van der Waals surface area contributed by atoms with Crippen molar-refractivity contribution in [3.8, 4) is 5.75 Å². The van der Waals surface area contributed by atoms with E-state index in [4.69, 9.17) is 4.74 Å². The molecule has 7 heteroatoms. The second kappa shape index (κ2) is 7.95. The molecule has 6 nitrogen and oxygen atoms in total. The van der Waals surface area contributed by atoms with Crippen LogP contribution in [0.15, 0.2) is 17.0 Å². The summed E-state index contributed by atoms with van der Waals surface area (Å²) in [6.07, 6.45) is 1.69. The van der Waals surface area contributed by atoms with Crippen molar-refractivity contribution < 1.29 is 23.9 Å². The quantitative estimate of drug-likeness (QED) is 0.575. The zero-order valence-corrected chi connectivity index (χ0v) is 16.6. The molecule has 0 aliphatic carbocycles. The lowest BCUT2D eigenvalue weighted by molar-refractivity contribution is -0.148. The molecule has 1 fully saturated rings. The number of aryl methyl sites for hydroxylation is 1. The molecule has 0 aromatic heterocycles. The number of methoxy groups -OCH3 is 2. The van der Waals surface area contributed by atoms with Crippen molar-refractivity contribution in [3.63, 3.8) is 0 Å². The van der Waals surface area contributed by atoms with E-state index < -0.39 is 23.2 Å². The highest BCUT2D eigenvalue weighted by atomic mass is 32.2. The van der Waals surface area contributed by atoms with Gasteiger partial charge in [0.25, 0.3) is 11.1 Å². The molecule has 1 unspecified atom stereocenters. The molecule has 1 aliphatic rings. The summed E-state index contributed by atoms with van der Waals surface area (Å²) in [6.45, 7) is 7.51. The first-order valence-corrected chi connectivity index (χ1v) is 9.06. The number of carbonyl (C=O) groups excluding carboxylic acids is 3. The molecule has 2 amide bonds. The molecule has 0 radical (unpaired) electrons. The van der Waals surface area contributed by atoms with Crippen LogP contribution in [-0.2, 0) is 14.3 Å². The normalized spacial score (nSPS) is 17.2. The summed E-state index contributed by atoms with van der Waals surface area (Å²) in [5, 5.41) is -0.477. The summed E-state index contributed by atoms with van der Waals surface area (Å²) >= 11 is 0.825. The Morgan fingerprint density at radius 1 is 1.19 bits per heavy atom. The van der Waals surface area contributed by atoms with E-state index in [1.165, 1.54) is 14.0 Å². The van der Waals surface area contributed by atoms with E-state index in [-0.39, 0.29) is 10.8 Å². The van der Waals surface area contributed by atoms with Crippen LogP contribution < -0.4 is 4.74 Å². The van der Waals surface area contributed by atoms with Crippen LogP contribution in [0.2, 0.25) is 0 Å². The summed E-state index contributed by atoms with van der Waals surface area (Å²) in [4.78, 5) is 37.7. The summed E-state index contributed by atoms with van der Waals surface area (Å²) in [5.74, 6) is -0.0790. The molecular weight excluding hydrogens is 354 g/mol. The van der Waals surface area contributed by atoms with E-state index in [0.29, 0.717) is 0 Å². The van der Waals surface area contributed by atoms with Gasteiger partial charge in [-0.25, -0.2) is 4.79 Å². The lowest BCUT2D eigenvalue weighted by Crippen LogP contribution is -2.42. The van der Waals surface area contributed by atoms with Gasteiger partial charge in [0, 0.05) is 0 Å². The fourth-order valence-electron chi connectivity index (χ4n) is 2.73. The standard InChI is InChI=1S/C19H23NO5S/c1-10(2)14-8-13(11(3)7-15(14)24-5)9-16-17(21)20(19(23)26-16)12(4)18(22)25-6/h7-10,12H,1-6H3. The topological polar surface area (TPSA) is 72.9 Å². The van der Waals surface area contributed by atoms with E-state index in [9.17, 15) is 14.4 Å². The van der Waals surface area contributed by atoms with Gasteiger partial charge in [-0.2, -0.15) is 0 Å². The Labute approximate surface area is 157 Å². The number of ether oxygens (including phenoxy) is 2. The Balaban J connectivity index is 2.42. The van der Waals surface area contributed by atoms with Crippen molar-refractivity contribution in [2.45, 2.75) is 39.7 Å². The SMILES string of the molecule is COC(=O)C(C)N1C(=O)SC(=Cc2cc(C(C)C)c(OC)cc2C)C1=O. The van der Waals surface area contributed by atoms with Gasteiger partial charge >= 0.3 is 5.97 Å². The van der Waals surface area contributed by atoms with Crippen molar-refractivity contribution in [2.24, 2.45) is 0 Å². The van der Waals surface area contributed by atoms with Gasteiger partial charge in [-0.3, -0.25) is 14.5 Å². The number of esters is 1. The second-order valence-corrected chi connectivity index (χ2v) is 7.35. The molecule has 1 aliphatic heterocycles. The van der Waals surface area contributed by atoms with E-state index in [1.54, 1.807) is 13.2 Å². The lowest BCUT2D eigenvalue weighted by Gasteiger charge is -2.18. The van der Waals surface area contributed by atoms with Crippen molar-refractivity contribution in [1.82, 2.24) is 4.90 Å². The molecule has 0 N–H and O–H groups in total. The van der Waals surface area contributed by atoms with Gasteiger partial charge in [0.1, 0.15) is 11.8 Å². The van der Waals surface area contributed by atoms with Gasteiger partial charge in [-0.1, -0.05) is 13.8 Å². The molecule has 0 saturated carbocycles. The first kappa shape index (κ1) is 20.0. The molecule has 1 saturated heterocycles. The van der Waals surface area contributed by atoms with E-state index in [2.05, 4.69) is 18.6 Å². The zero-order chi connectivity index (χ0) is 19.6. The van der Waals surface area contributed by atoms with Crippen LogP contribution in [0.1, 0.15) is 43.4 Å². The van der Waals surface area contributed by atoms with Gasteiger partial charge in [0.2, 0.25) is 0 Å². The maximum absolute atomic E-state index is 12.6. The smallest absolute Gasteiger partial charge is 0.328 e. The largest absolute Gasteiger partial charge is 0.496 e. The number of rotatable bonds is 5.